The first-order valence-corrected chi connectivity index (χ1v) is 7.46. The van der Waals surface area contributed by atoms with Gasteiger partial charge in [0.15, 0.2) is 0 Å². The molecule has 0 saturated carbocycles. The first kappa shape index (κ1) is 14.9. The number of nitrogens with zero attached hydrogens (tertiary/aromatic N) is 1. The number of benzene rings is 1. The highest BCUT2D eigenvalue weighted by molar-refractivity contribution is 5.29. The molecule has 0 spiro atoms. The minimum Gasteiger partial charge on any atom is -0.346 e. The average Bonchev–Trinajstić information content (AvgIpc) is 2.75. The molecule has 0 fully saturated rings. The molecule has 2 aromatic rings. The van der Waals surface area contributed by atoms with Gasteiger partial charge in [0, 0.05) is 25.0 Å². The highest BCUT2D eigenvalue weighted by Gasteiger charge is 2.03. The molecule has 0 bridgehead atoms. The normalized spacial score (nSPS) is 11.2. The van der Waals surface area contributed by atoms with Gasteiger partial charge in [-0.25, -0.2) is 0 Å². The summed E-state index contributed by atoms with van der Waals surface area (Å²) in [4.78, 5) is 0. The SMILES string of the molecule is Cc1cc(C)cc(Cn2cccc2CNCC(C)C)c1. The van der Waals surface area contributed by atoms with E-state index in [1.54, 1.807) is 0 Å². The standard InChI is InChI=1S/C18H26N2/c1-14(2)11-19-12-18-6-5-7-20(18)13-17-9-15(3)8-16(4)10-17/h5-10,14,19H,11-13H2,1-4H3. The fourth-order valence-electron chi connectivity index (χ4n) is 2.61. The molecule has 20 heavy (non-hydrogen) atoms. The van der Waals surface area contributed by atoms with Gasteiger partial charge in [0.25, 0.3) is 0 Å². The van der Waals surface area contributed by atoms with Crippen LogP contribution in [0.25, 0.3) is 0 Å². The van der Waals surface area contributed by atoms with Crippen LogP contribution in [0.4, 0.5) is 0 Å². The molecule has 2 rings (SSSR count). The van der Waals surface area contributed by atoms with E-state index in [0.717, 1.165) is 19.6 Å². The van der Waals surface area contributed by atoms with E-state index in [-0.39, 0.29) is 0 Å². The molecule has 0 amide bonds. The van der Waals surface area contributed by atoms with Crippen molar-refractivity contribution in [3.63, 3.8) is 0 Å². The zero-order valence-corrected chi connectivity index (χ0v) is 13.1. The van der Waals surface area contributed by atoms with Gasteiger partial charge >= 0.3 is 0 Å². The molecule has 2 nitrogen and oxygen atoms in total. The third-order valence-corrected chi connectivity index (χ3v) is 3.42. The second kappa shape index (κ2) is 6.76. The van der Waals surface area contributed by atoms with Gasteiger partial charge in [-0.1, -0.05) is 43.2 Å². The second-order valence-corrected chi connectivity index (χ2v) is 6.15. The van der Waals surface area contributed by atoms with Crippen LogP contribution in [-0.2, 0) is 13.1 Å². The Morgan fingerprint density at radius 3 is 2.45 bits per heavy atom. The van der Waals surface area contributed by atoms with Crippen LogP contribution in [0.15, 0.2) is 36.5 Å². The van der Waals surface area contributed by atoms with E-state index in [4.69, 9.17) is 0 Å². The summed E-state index contributed by atoms with van der Waals surface area (Å²) in [6.07, 6.45) is 2.17. The summed E-state index contributed by atoms with van der Waals surface area (Å²) in [6.45, 7) is 11.8. The molecule has 0 radical (unpaired) electrons. The second-order valence-electron chi connectivity index (χ2n) is 6.15. The summed E-state index contributed by atoms with van der Waals surface area (Å²) in [5, 5.41) is 3.52. The molecule has 0 aliphatic carbocycles. The molecule has 2 heteroatoms. The van der Waals surface area contributed by atoms with Crippen molar-refractivity contribution >= 4 is 0 Å². The van der Waals surface area contributed by atoms with Crippen LogP contribution in [-0.4, -0.2) is 11.1 Å². The lowest BCUT2D eigenvalue weighted by Gasteiger charge is -2.12. The van der Waals surface area contributed by atoms with Crippen molar-refractivity contribution in [2.75, 3.05) is 6.54 Å². The van der Waals surface area contributed by atoms with Gasteiger partial charge in [0.1, 0.15) is 0 Å². The van der Waals surface area contributed by atoms with E-state index in [9.17, 15) is 0 Å². The summed E-state index contributed by atoms with van der Waals surface area (Å²) >= 11 is 0. The highest BCUT2D eigenvalue weighted by atomic mass is 15.0. The molecule has 1 aromatic heterocycles. The van der Waals surface area contributed by atoms with E-state index in [2.05, 4.69) is 74.1 Å². The molecule has 1 N–H and O–H groups in total. The first-order chi connectivity index (χ1) is 9.54. The maximum Gasteiger partial charge on any atom is 0.0473 e. The summed E-state index contributed by atoms with van der Waals surface area (Å²) in [5.74, 6) is 0.692. The maximum atomic E-state index is 3.52. The molecule has 108 valence electrons. The number of rotatable bonds is 6. The first-order valence-electron chi connectivity index (χ1n) is 7.46. The average molecular weight is 270 g/mol. The monoisotopic (exact) mass is 270 g/mol. The zero-order valence-electron chi connectivity index (χ0n) is 13.1. The van der Waals surface area contributed by atoms with Crippen LogP contribution in [0.2, 0.25) is 0 Å². The van der Waals surface area contributed by atoms with Gasteiger partial charge in [-0.3, -0.25) is 0 Å². The van der Waals surface area contributed by atoms with Crippen molar-refractivity contribution < 1.29 is 0 Å². The topological polar surface area (TPSA) is 17.0 Å². The van der Waals surface area contributed by atoms with E-state index in [0.29, 0.717) is 5.92 Å². The number of hydrogen-bond acceptors (Lipinski definition) is 1. The fourth-order valence-corrected chi connectivity index (χ4v) is 2.61. The number of aromatic nitrogens is 1. The Balaban J connectivity index is 2.04. The molecule has 1 heterocycles. The molecular formula is C18H26N2. The van der Waals surface area contributed by atoms with Crippen LogP contribution in [0.5, 0.6) is 0 Å². The molecule has 0 aliphatic rings. The van der Waals surface area contributed by atoms with Gasteiger partial charge in [0.2, 0.25) is 0 Å². The summed E-state index contributed by atoms with van der Waals surface area (Å²) in [6, 6.07) is 11.1. The van der Waals surface area contributed by atoms with Crippen molar-refractivity contribution in [3.05, 3.63) is 58.9 Å². The van der Waals surface area contributed by atoms with Crippen LogP contribution >= 0.6 is 0 Å². The van der Waals surface area contributed by atoms with Gasteiger partial charge in [0.05, 0.1) is 0 Å². The third kappa shape index (κ3) is 4.24. The summed E-state index contributed by atoms with van der Waals surface area (Å²) in [5.41, 5.74) is 5.41. The van der Waals surface area contributed by atoms with Crippen molar-refractivity contribution in [1.82, 2.24) is 9.88 Å². The lowest BCUT2D eigenvalue weighted by Crippen LogP contribution is -2.20. The lowest BCUT2D eigenvalue weighted by atomic mass is 10.1. The van der Waals surface area contributed by atoms with Crippen molar-refractivity contribution in [2.24, 2.45) is 5.92 Å². The highest BCUT2D eigenvalue weighted by Crippen LogP contribution is 2.12. The van der Waals surface area contributed by atoms with Gasteiger partial charge in [-0.2, -0.15) is 0 Å². The molecular weight excluding hydrogens is 244 g/mol. The van der Waals surface area contributed by atoms with Gasteiger partial charge in [-0.05, 0) is 44.0 Å². The minimum absolute atomic E-state index is 0.692. The van der Waals surface area contributed by atoms with Crippen molar-refractivity contribution in [1.29, 1.82) is 0 Å². The Labute approximate surface area is 122 Å². The smallest absolute Gasteiger partial charge is 0.0473 e. The number of aryl methyl sites for hydroxylation is 2. The predicted octanol–water partition coefficient (Wildman–Crippen LogP) is 3.90. The van der Waals surface area contributed by atoms with Crippen LogP contribution in [0, 0.1) is 19.8 Å². The van der Waals surface area contributed by atoms with Crippen LogP contribution in [0.1, 0.15) is 36.2 Å². The largest absolute Gasteiger partial charge is 0.346 e. The Morgan fingerprint density at radius 1 is 1.10 bits per heavy atom. The van der Waals surface area contributed by atoms with E-state index in [1.165, 1.54) is 22.4 Å². The fraction of sp³-hybridized carbons (Fsp3) is 0.444. The van der Waals surface area contributed by atoms with Crippen molar-refractivity contribution in [3.8, 4) is 0 Å². The third-order valence-electron chi connectivity index (χ3n) is 3.42. The Kier molecular flexibility index (Phi) is 5.02. The van der Waals surface area contributed by atoms with E-state index in [1.807, 2.05) is 0 Å². The Hall–Kier alpha value is -1.54. The summed E-state index contributed by atoms with van der Waals surface area (Å²) in [7, 11) is 0. The molecule has 0 atom stereocenters. The molecule has 0 aliphatic heterocycles. The van der Waals surface area contributed by atoms with Crippen LogP contribution in [0.3, 0.4) is 0 Å². The number of hydrogen-bond donors (Lipinski definition) is 1. The van der Waals surface area contributed by atoms with Gasteiger partial charge in [-0.15, -0.1) is 0 Å². The van der Waals surface area contributed by atoms with E-state index >= 15 is 0 Å². The number of nitrogens with one attached hydrogen (secondary N) is 1. The Bertz CT molecular complexity index is 532. The van der Waals surface area contributed by atoms with E-state index < -0.39 is 0 Å². The van der Waals surface area contributed by atoms with Gasteiger partial charge < -0.3 is 9.88 Å². The lowest BCUT2D eigenvalue weighted by molar-refractivity contribution is 0.539. The zero-order chi connectivity index (χ0) is 14.5. The quantitative estimate of drug-likeness (QED) is 0.842. The molecule has 0 saturated heterocycles. The molecule has 1 aromatic carbocycles. The Morgan fingerprint density at radius 2 is 1.80 bits per heavy atom. The predicted molar refractivity (Wildman–Crippen MR) is 86.0 cm³/mol. The van der Waals surface area contributed by atoms with Crippen molar-refractivity contribution in [2.45, 2.75) is 40.8 Å². The van der Waals surface area contributed by atoms with Crippen LogP contribution < -0.4 is 5.32 Å². The minimum atomic E-state index is 0.692. The molecule has 0 unspecified atom stereocenters. The maximum absolute atomic E-state index is 3.52. The summed E-state index contributed by atoms with van der Waals surface area (Å²) < 4.78 is 2.33.